The minimum Gasteiger partial charge on any atom is -0.309 e. The molecular weight excluding hydrogens is 711 g/mol. The molecule has 10 rings (SSSR count). The molecule has 10 aromatic carbocycles. The van der Waals surface area contributed by atoms with Crippen molar-refractivity contribution in [1.82, 2.24) is 0 Å². The Balaban J connectivity index is 1.15. The van der Waals surface area contributed by atoms with Crippen LogP contribution >= 0.6 is 0 Å². The number of para-hydroxylation sites is 1. The van der Waals surface area contributed by atoms with Crippen LogP contribution in [0.5, 0.6) is 0 Å². The maximum atomic E-state index is 2.45. The SMILES string of the molecule is c1ccc(-c2ccc(-c3ccc(N(c4ccccc4-c4ccccc4)c4cc(-c5ccc6ccccc6c5)ccc4-c4ccccc4)cc3)cc2-c2ccccc2)cc1. The van der Waals surface area contributed by atoms with E-state index in [1.807, 2.05) is 0 Å². The minimum atomic E-state index is 1.08. The number of anilines is 3. The molecule has 0 aromatic heterocycles. The summed E-state index contributed by atoms with van der Waals surface area (Å²) in [6.07, 6.45) is 0. The fourth-order valence-corrected chi connectivity index (χ4v) is 8.32. The zero-order valence-electron chi connectivity index (χ0n) is 32.6. The van der Waals surface area contributed by atoms with Gasteiger partial charge in [0.1, 0.15) is 0 Å². The van der Waals surface area contributed by atoms with Crippen molar-refractivity contribution in [2.75, 3.05) is 4.90 Å². The van der Waals surface area contributed by atoms with Crippen LogP contribution in [0.4, 0.5) is 17.1 Å². The second-order valence-electron chi connectivity index (χ2n) is 14.9. The quantitative estimate of drug-likeness (QED) is 0.142. The summed E-state index contributed by atoms with van der Waals surface area (Å²) in [5.41, 5.74) is 17.5. The summed E-state index contributed by atoms with van der Waals surface area (Å²) < 4.78 is 0. The number of rotatable bonds is 9. The maximum Gasteiger partial charge on any atom is 0.0546 e. The van der Waals surface area contributed by atoms with Gasteiger partial charge in [-0.05, 0) is 103 Å². The highest BCUT2D eigenvalue weighted by Crippen LogP contribution is 2.47. The fourth-order valence-electron chi connectivity index (χ4n) is 8.32. The van der Waals surface area contributed by atoms with Gasteiger partial charge in [0, 0.05) is 16.8 Å². The Hall–Kier alpha value is -7.74. The molecule has 0 fully saturated rings. The third-order valence-electron chi connectivity index (χ3n) is 11.3. The van der Waals surface area contributed by atoms with Gasteiger partial charge in [-0.1, -0.05) is 212 Å². The average Bonchev–Trinajstić information content (AvgIpc) is 3.33. The molecule has 0 aliphatic carbocycles. The molecule has 0 atom stereocenters. The van der Waals surface area contributed by atoms with Crippen LogP contribution in [-0.4, -0.2) is 0 Å². The second kappa shape index (κ2) is 16.0. The van der Waals surface area contributed by atoms with Gasteiger partial charge in [-0.15, -0.1) is 0 Å². The van der Waals surface area contributed by atoms with Crippen molar-refractivity contribution in [2.45, 2.75) is 0 Å². The zero-order valence-corrected chi connectivity index (χ0v) is 32.6. The molecule has 0 N–H and O–H groups in total. The number of hydrogen-bond acceptors (Lipinski definition) is 1. The van der Waals surface area contributed by atoms with Crippen molar-refractivity contribution < 1.29 is 0 Å². The zero-order chi connectivity index (χ0) is 39.4. The predicted octanol–water partition coefficient (Wildman–Crippen LogP) is 16.3. The fraction of sp³-hybridized carbons (Fsp3) is 0. The van der Waals surface area contributed by atoms with Crippen molar-refractivity contribution in [1.29, 1.82) is 0 Å². The number of benzene rings is 10. The van der Waals surface area contributed by atoms with Gasteiger partial charge >= 0.3 is 0 Å². The molecular formula is C58H41N. The van der Waals surface area contributed by atoms with Gasteiger partial charge < -0.3 is 4.90 Å². The first-order valence-corrected chi connectivity index (χ1v) is 20.3. The van der Waals surface area contributed by atoms with Crippen LogP contribution in [0.15, 0.2) is 249 Å². The van der Waals surface area contributed by atoms with Crippen molar-refractivity contribution in [3.8, 4) is 66.8 Å². The molecule has 0 saturated carbocycles. The molecule has 0 saturated heterocycles. The molecule has 0 aliphatic heterocycles. The first kappa shape index (κ1) is 35.7. The predicted molar refractivity (Wildman–Crippen MR) is 251 cm³/mol. The maximum absolute atomic E-state index is 2.45. The molecule has 0 heterocycles. The highest BCUT2D eigenvalue weighted by molar-refractivity contribution is 5.96. The van der Waals surface area contributed by atoms with Crippen molar-refractivity contribution in [3.05, 3.63) is 249 Å². The molecule has 10 aromatic rings. The molecule has 1 heteroatoms. The number of nitrogens with zero attached hydrogens (tertiary/aromatic N) is 1. The van der Waals surface area contributed by atoms with Crippen LogP contribution in [0.1, 0.15) is 0 Å². The summed E-state index contributed by atoms with van der Waals surface area (Å²) in [7, 11) is 0. The Morgan fingerprint density at radius 2 is 0.627 bits per heavy atom. The third kappa shape index (κ3) is 7.23. The van der Waals surface area contributed by atoms with Crippen LogP contribution in [-0.2, 0) is 0 Å². The van der Waals surface area contributed by atoms with E-state index in [2.05, 4.69) is 254 Å². The van der Waals surface area contributed by atoms with Crippen molar-refractivity contribution in [3.63, 3.8) is 0 Å². The van der Waals surface area contributed by atoms with Crippen molar-refractivity contribution >= 4 is 27.8 Å². The smallest absolute Gasteiger partial charge is 0.0546 e. The molecule has 59 heavy (non-hydrogen) atoms. The first-order chi connectivity index (χ1) is 29.3. The van der Waals surface area contributed by atoms with Gasteiger partial charge in [0.15, 0.2) is 0 Å². The van der Waals surface area contributed by atoms with E-state index in [0.717, 1.165) is 39.3 Å². The Labute approximate surface area is 346 Å². The summed E-state index contributed by atoms with van der Waals surface area (Å²) in [6, 6.07) is 89.9. The van der Waals surface area contributed by atoms with Gasteiger partial charge in [0.05, 0.1) is 11.4 Å². The van der Waals surface area contributed by atoms with Crippen LogP contribution in [0.3, 0.4) is 0 Å². The Morgan fingerprint density at radius 1 is 0.203 bits per heavy atom. The lowest BCUT2D eigenvalue weighted by Gasteiger charge is -2.30. The second-order valence-corrected chi connectivity index (χ2v) is 14.9. The third-order valence-corrected chi connectivity index (χ3v) is 11.3. The monoisotopic (exact) mass is 751 g/mol. The molecule has 0 aliphatic rings. The molecule has 0 radical (unpaired) electrons. The van der Waals surface area contributed by atoms with Crippen molar-refractivity contribution in [2.24, 2.45) is 0 Å². The molecule has 0 unspecified atom stereocenters. The summed E-state index contributed by atoms with van der Waals surface area (Å²) in [6.45, 7) is 0. The Morgan fingerprint density at radius 3 is 1.25 bits per heavy atom. The first-order valence-electron chi connectivity index (χ1n) is 20.3. The number of hydrogen-bond donors (Lipinski definition) is 0. The summed E-state index contributed by atoms with van der Waals surface area (Å²) >= 11 is 0. The normalized spacial score (nSPS) is 11.1. The van der Waals surface area contributed by atoms with E-state index in [4.69, 9.17) is 0 Å². The molecule has 0 bridgehead atoms. The lowest BCUT2D eigenvalue weighted by Crippen LogP contribution is -2.12. The average molecular weight is 752 g/mol. The highest BCUT2D eigenvalue weighted by Gasteiger charge is 2.22. The van der Waals surface area contributed by atoms with E-state index in [1.165, 1.54) is 55.3 Å². The Kier molecular flexibility index (Phi) is 9.68. The van der Waals surface area contributed by atoms with E-state index >= 15 is 0 Å². The summed E-state index contributed by atoms with van der Waals surface area (Å²) in [4.78, 5) is 2.45. The van der Waals surface area contributed by atoms with E-state index < -0.39 is 0 Å². The lowest BCUT2D eigenvalue weighted by atomic mass is 9.91. The van der Waals surface area contributed by atoms with E-state index in [0.29, 0.717) is 0 Å². The van der Waals surface area contributed by atoms with Gasteiger partial charge in [0.2, 0.25) is 0 Å². The summed E-state index contributed by atoms with van der Waals surface area (Å²) in [5, 5.41) is 2.47. The van der Waals surface area contributed by atoms with Crippen LogP contribution in [0, 0.1) is 0 Å². The molecule has 1 nitrogen and oxygen atoms in total. The topological polar surface area (TPSA) is 3.24 Å². The van der Waals surface area contributed by atoms with E-state index in [-0.39, 0.29) is 0 Å². The van der Waals surface area contributed by atoms with Gasteiger partial charge in [0.25, 0.3) is 0 Å². The standard InChI is InChI=1S/C58H41N/c1-5-18-44(19-6-1)53-37-33-50(40-56(53)47-24-11-4-12-25-47)43-31-35-52(36-32-43)59(57-28-16-15-27-54(57)45-20-7-2-8-21-45)58-41-51(34-38-55(58)46-22-9-3-10-23-46)49-30-29-42-17-13-14-26-48(42)39-49/h1-41H. The van der Waals surface area contributed by atoms with Gasteiger partial charge in [-0.3, -0.25) is 0 Å². The summed E-state index contributed by atoms with van der Waals surface area (Å²) in [5.74, 6) is 0. The number of fused-ring (bicyclic) bond motifs is 1. The molecule has 0 amide bonds. The van der Waals surface area contributed by atoms with Gasteiger partial charge in [-0.2, -0.15) is 0 Å². The van der Waals surface area contributed by atoms with Crippen LogP contribution in [0.2, 0.25) is 0 Å². The molecule has 278 valence electrons. The minimum absolute atomic E-state index is 1.08. The largest absolute Gasteiger partial charge is 0.309 e. The van der Waals surface area contributed by atoms with E-state index in [9.17, 15) is 0 Å². The highest BCUT2D eigenvalue weighted by atomic mass is 15.1. The van der Waals surface area contributed by atoms with E-state index in [1.54, 1.807) is 0 Å². The Bertz CT molecular complexity index is 3010. The lowest BCUT2D eigenvalue weighted by molar-refractivity contribution is 1.28. The van der Waals surface area contributed by atoms with Gasteiger partial charge in [-0.25, -0.2) is 0 Å². The molecule has 0 spiro atoms. The van der Waals surface area contributed by atoms with Crippen LogP contribution < -0.4 is 4.90 Å². The van der Waals surface area contributed by atoms with Crippen LogP contribution in [0.25, 0.3) is 77.5 Å².